The van der Waals surface area contributed by atoms with Crippen molar-refractivity contribution in [2.75, 3.05) is 38.4 Å². The summed E-state index contributed by atoms with van der Waals surface area (Å²) < 4.78 is 0. The molecule has 0 saturated heterocycles. The molecule has 0 aliphatic heterocycles. The Bertz CT molecular complexity index is 3920. The Kier molecular flexibility index (Phi) is 40.8. The highest BCUT2D eigenvalue weighted by atomic mass is 16.3. The highest BCUT2D eigenvalue weighted by Crippen LogP contribution is 2.25. The third-order valence-corrected chi connectivity index (χ3v) is 16.1. The lowest BCUT2D eigenvalue weighted by Gasteiger charge is -2.13. The van der Waals surface area contributed by atoms with Crippen molar-refractivity contribution in [3.63, 3.8) is 0 Å². The van der Waals surface area contributed by atoms with E-state index in [1.54, 1.807) is 135 Å². The monoisotopic (exact) mass is 1430 g/mol. The summed E-state index contributed by atoms with van der Waals surface area (Å²) in [6, 6.07) is 73.0. The number of amides is 6. The minimum atomic E-state index is -0.664. The van der Waals surface area contributed by atoms with Gasteiger partial charge in [-0.15, -0.1) is 0 Å². The third-order valence-electron chi connectivity index (χ3n) is 16.1. The SMILES string of the molecule is CC(C)CC(=O)Nc1ccc(CO)cc1.CC(CC(=O)Nc1ccc(C(O)CN)cc1)c1ccccc1.CC(CC(=O)Nc1ccc(CO)cc1)c1ccccc1.CC(O)c1ccc(NC(=O)CC(C)c2ccccc2)cc1.CCC(=O)Nc1ccc(CO)cc1.CCCC(=O)Nc1ccc(CO)cc1. The number of carbonyl (C=O) groups is 6. The summed E-state index contributed by atoms with van der Waals surface area (Å²) in [4.78, 5) is 69.7. The van der Waals surface area contributed by atoms with E-state index in [2.05, 4.69) is 31.9 Å². The highest BCUT2D eigenvalue weighted by molar-refractivity contribution is 5.94. The Morgan fingerprint density at radius 3 is 0.800 bits per heavy atom. The van der Waals surface area contributed by atoms with E-state index in [4.69, 9.17) is 26.2 Å². The van der Waals surface area contributed by atoms with Gasteiger partial charge in [0.05, 0.1) is 38.6 Å². The molecule has 6 amide bonds. The van der Waals surface area contributed by atoms with Crippen LogP contribution in [-0.2, 0) is 55.2 Å². The second kappa shape index (κ2) is 49.2. The predicted octanol–water partition coefficient (Wildman–Crippen LogP) is 15.6. The van der Waals surface area contributed by atoms with Crippen LogP contribution in [-0.4, -0.2) is 72.6 Å². The number of aliphatic hydroxyl groups is 6. The molecule has 558 valence electrons. The van der Waals surface area contributed by atoms with Gasteiger partial charge in [-0.25, -0.2) is 0 Å². The average molecular weight is 1430 g/mol. The maximum atomic E-state index is 12.1. The Labute approximate surface area is 619 Å². The molecule has 14 N–H and O–H groups in total. The van der Waals surface area contributed by atoms with Crippen LogP contribution in [0.1, 0.15) is 180 Å². The Hall–Kier alpha value is -10.5. The fraction of sp³-hybridized carbons (Fsp3) is 0.302. The van der Waals surface area contributed by atoms with Crippen LogP contribution in [0.15, 0.2) is 237 Å². The van der Waals surface area contributed by atoms with Gasteiger partial charge in [0.15, 0.2) is 0 Å². The van der Waals surface area contributed by atoms with Gasteiger partial charge in [-0.05, 0) is 160 Å². The molecule has 0 bridgehead atoms. The molecule has 0 aromatic heterocycles. The zero-order valence-corrected chi connectivity index (χ0v) is 61.7. The molecule has 19 nitrogen and oxygen atoms in total. The van der Waals surface area contributed by atoms with Gasteiger partial charge in [-0.1, -0.05) is 212 Å². The smallest absolute Gasteiger partial charge is 0.224 e. The number of nitrogens with two attached hydrogens (primary N) is 1. The molecule has 5 atom stereocenters. The summed E-state index contributed by atoms with van der Waals surface area (Å²) >= 11 is 0. The fourth-order valence-corrected chi connectivity index (χ4v) is 9.99. The summed E-state index contributed by atoms with van der Waals surface area (Å²) in [7, 11) is 0. The summed E-state index contributed by atoms with van der Waals surface area (Å²) in [6.07, 6.45) is 2.56. The van der Waals surface area contributed by atoms with E-state index < -0.39 is 12.2 Å². The second-order valence-corrected chi connectivity index (χ2v) is 25.6. The number of nitrogens with one attached hydrogen (secondary N) is 6. The Morgan fingerprint density at radius 2 is 0.562 bits per heavy atom. The van der Waals surface area contributed by atoms with Gasteiger partial charge in [0.1, 0.15) is 0 Å². The Balaban J connectivity index is 0.000000270. The van der Waals surface area contributed by atoms with Gasteiger partial charge in [0.25, 0.3) is 0 Å². The van der Waals surface area contributed by atoms with Crippen molar-refractivity contribution >= 4 is 69.6 Å². The zero-order chi connectivity index (χ0) is 76.9. The van der Waals surface area contributed by atoms with Crippen molar-refractivity contribution < 1.29 is 59.4 Å². The van der Waals surface area contributed by atoms with Gasteiger partial charge in [0.2, 0.25) is 35.4 Å². The van der Waals surface area contributed by atoms with Crippen molar-refractivity contribution in [3.8, 4) is 0 Å². The fourth-order valence-electron chi connectivity index (χ4n) is 9.99. The molecule has 0 saturated carbocycles. The summed E-state index contributed by atoms with van der Waals surface area (Å²) in [6.45, 7) is 15.9. The first-order valence-electron chi connectivity index (χ1n) is 35.5. The molecule has 9 aromatic rings. The first kappa shape index (κ1) is 86.9. The number of rotatable bonds is 27. The minimum Gasteiger partial charge on any atom is -0.392 e. The molecular weight excluding hydrogens is 1320 g/mol. The maximum Gasteiger partial charge on any atom is 0.224 e. The standard InChI is InChI=1S/C18H22N2O2.C18H21NO2.C17H19NO2.C12H17NO2.C11H15NO2.C10H13NO2/c1-13(14-5-3-2-4-6-14)11-18(22)20-16-9-7-15(8-10-16)17(21)12-19;1-13(15-6-4-3-5-7-15)12-18(21)19-17-10-8-16(9-11-17)14(2)20;1-13(15-5-3-2-4-6-15)11-17(20)18-16-9-7-14(12-19)8-10-16;1-9(2)7-12(15)13-11-5-3-10(8-14)4-6-11;1-2-3-11(14)12-10-6-4-9(8-13)5-7-10;1-2-10(13)11-9-5-3-8(7-12)4-6-9/h2-10,13,17,21H,11-12,19H2,1H3,(H,20,22);3-11,13-14,20H,12H2,1-2H3,(H,19,21);2-10,13,19H,11-12H2,1H3,(H,18,20);3-6,9,14H,7-8H2,1-2H3,(H,13,15);4-7,13H,2-3,8H2,1H3,(H,12,14);3-6,12H,2,7H2,1H3,(H,11,13). The summed E-state index contributed by atoms with van der Waals surface area (Å²) in [5.41, 5.74) is 18.4. The van der Waals surface area contributed by atoms with Crippen molar-refractivity contribution in [2.45, 2.75) is 157 Å². The molecule has 0 aliphatic carbocycles. The van der Waals surface area contributed by atoms with E-state index >= 15 is 0 Å². The molecule has 0 heterocycles. The minimum absolute atomic E-state index is 0.00176. The van der Waals surface area contributed by atoms with Gasteiger partial charge in [-0.3, -0.25) is 28.8 Å². The van der Waals surface area contributed by atoms with Gasteiger partial charge in [-0.2, -0.15) is 0 Å². The van der Waals surface area contributed by atoms with Crippen LogP contribution in [0.4, 0.5) is 34.1 Å². The van der Waals surface area contributed by atoms with E-state index in [0.29, 0.717) is 44.4 Å². The Morgan fingerprint density at radius 1 is 0.314 bits per heavy atom. The number of carbonyl (C=O) groups excluding carboxylic acids is 6. The lowest BCUT2D eigenvalue weighted by Crippen LogP contribution is -2.15. The summed E-state index contributed by atoms with van der Waals surface area (Å²) in [5, 5.41) is 71.4. The molecule has 0 radical (unpaired) electrons. The molecule has 9 rings (SSSR count). The van der Waals surface area contributed by atoms with E-state index in [-0.39, 0.29) is 86.2 Å². The van der Waals surface area contributed by atoms with Crippen molar-refractivity contribution in [2.24, 2.45) is 11.7 Å². The van der Waals surface area contributed by atoms with Crippen molar-refractivity contribution in [3.05, 3.63) is 287 Å². The lowest BCUT2D eigenvalue weighted by atomic mass is 9.97. The van der Waals surface area contributed by atoms with Gasteiger partial charge >= 0.3 is 0 Å². The summed E-state index contributed by atoms with van der Waals surface area (Å²) in [5.74, 6) is 0.928. The molecule has 5 unspecified atom stereocenters. The van der Waals surface area contributed by atoms with E-state index in [9.17, 15) is 39.0 Å². The zero-order valence-electron chi connectivity index (χ0n) is 61.7. The van der Waals surface area contributed by atoms with E-state index in [1.165, 1.54) is 5.56 Å². The van der Waals surface area contributed by atoms with Crippen LogP contribution in [0.25, 0.3) is 0 Å². The predicted molar refractivity (Wildman–Crippen MR) is 422 cm³/mol. The van der Waals surface area contributed by atoms with Crippen molar-refractivity contribution in [1.29, 1.82) is 0 Å². The third kappa shape index (κ3) is 35.5. The molecule has 0 aliphatic rings. The molecular formula is C86H107N7O12. The van der Waals surface area contributed by atoms with Crippen LogP contribution in [0.5, 0.6) is 0 Å². The first-order chi connectivity index (χ1) is 50.5. The van der Waals surface area contributed by atoms with E-state index in [0.717, 1.165) is 85.1 Å². The number of aliphatic hydroxyl groups excluding tert-OH is 6. The van der Waals surface area contributed by atoms with Crippen molar-refractivity contribution in [1.82, 2.24) is 0 Å². The van der Waals surface area contributed by atoms with Gasteiger partial charge in [0, 0.05) is 79.2 Å². The topological polar surface area (TPSA) is 322 Å². The lowest BCUT2D eigenvalue weighted by molar-refractivity contribution is -0.117. The molecule has 0 fully saturated rings. The van der Waals surface area contributed by atoms with Crippen LogP contribution < -0.4 is 37.6 Å². The largest absolute Gasteiger partial charge is 0.392 e. The van der Waals surface area contributed by atoms with Crippen LogP contribution in [0, 0.1) is 5.92 Å². The number of hydrogen-bond acceptors (Lipinski definition) is 13. The molecule has 19 heteroatoms. The van der Waals surface area contributed by atoms with Gasteiger partial charge < -0.3 is 68.3 Å². The number of benzene rings is 9. The number of hydrogen-bond donors (Lipinski definition) is 13. The molecule has 9 aromatic carbocycles. The first-order valence-corrected chi connectivity index (χ1v) is 35.5. The number of anilines is 6. The second-order valence-electron chi connectivity index (χ2n) is 25.6. The van der Waals surface area contributed by atoms with Crippen LogP contribution >= 0.6 is 0 Å². The molecule has 105 heavy (non-hydrogen) atoms. The van der Waals surface area contributed by atoms with Crippen LogP contribution in [0.2, 0.25) is 0 Å². The van der Waals surface area contributed by atoms with E-state index in [1.807, 2.05) is 157 Å². The normalized spacial score (nSPS) is 11.8. The maximum absolute atomic E-state index is 12.1. The average Bonchev–Trinajstić information content (AvgIpc) is 0.950. The molecule has 0 spiro atoms. The van der Waals surface area contributed by atoms with Crippen LogP contribution in [0.3, 0.4) is 0 Å². The highest BCUT2D eigenvalue weighted by Gasteiger charge is 2.15. The quantitative estimate of drug-likeness (QED) is 0.0228.